The Hall–Kier alpha value is -0.0900. The fourth-order valence-electron chi connectivity index (χ4n) is 0.636. The van der Waals surface area contributed by atoms with Crippen molar-refractivity contribution < 1.29 is 13.2 Å². The van der Waals surface area contributed by atoms with Crippen molar-refractivity contribution in [3.63, 3.8) is 0 Å². The molecule has 0 aliphatic rings. The van der Waals surface area contributed by atoms with E-state index >= 15 is 0 Å². The van der Waals surface area contributed by atoms with E-state index in [1.165, 1.54) is 0 Å². The third-order valence-electron chi connectivity index (χ3n) is 1.54. The van der Waals surface area contributed by atoms with E-state index in [2.05, 4.69) is 0 Å². The van der Waals surface area contributed by atoms with Crippen molar-refractivity contribution >= 4 is 9.84 Å². The number of sulfone groups is 1. The maximum Gasteiger partial charge on any atom is 0.154 e. The Morgan fingerprint density at radius 2 is 1.67 bits per heavy atom. The molecule has 0 bridgehead atoms. The molecule has 0 spiro atoms. The summed E-state index contributed by atoms with van der Waals surface area (Å²) in [7, 11) is -2.92. The minimum Gasteiger partial charge on any atom is -0.378 e. The summed E-state index contributed by atoms with van der Waals surface area (Å²) < 4.78 is 27.6. The summed E-state index contributed by atoms with van der Waals surface area (Å²) in [6, 6.07) is 0. The van der Waals surface area contributed by atoms with E-state index in [0.717, 1.165) is 0 Å². The zero-order valence-corrected chi connectivity index (χ0v) is 9.02. The third-order valence-corrected chi connectivity index (χ3v) is 3.71. The summed E-state index contributed by atoms with van der Waals surface area (Å²) in [5.41, 5.74) is 0. The molecule has 74 valence electrons. The molecule has 0 fully saturated rings. The number of rotatable bonds is 5. The first-order valence-electron chi connectivity index (χ1n) is 4.19. The predicted molar refractivity (Wildman–Crippen MR) is 50.0 cm³/mol. The molecular weight excluding hydrogens is 176 g/mol. The molecule has 4 heteroatoms. The largest absolute Gasteiger partial charge is 0.378 e. The number of hydrogen-bond donors (Lipinski definition) is 0. The molecular formula is C8H18O3S. The monoisotopic (exact) mass is 194 g/mol. The first kappa shape index (κ1) is 11.9. The zero-order valence-electron chi connectivity index (χ0n) is 8.20. The lowest BCUT2D eigenvalue weighted by Gasteiger charge is -2.09. The van der Waals surface area contributed by atoms with E-state index < -0.39 is 9.84 Å². The summed E-state index contributed by atoms with van der Waals surface area (Å²) in [5.74, 6) is 0.128. The molecule has 0 aliphatic heterocycles. The van der Waals surface area contributed by atoms with Crippen LogP contribution in [0.4, 0.5) is 0 Å². The minimum atomic E-state index is -2.92. The molecule has 0 aliphatic carbocycles. The van der Waals surface area contributed by atoms with E-state index in [1.807, 2.05) is 13.8 Å². The van der Waals surface area contributed by atoms with Crippen molar-refractivity contribution in [2.24, 2.45) is 0 Å². The second-order valence-electron chi connectivity index (χ2n) is 3.34. The van der Waals surface area contributed by atoms with Crippen LogP contribution >= 0.6 is 0 Å². The number of ether oxygens (including phenoxy) is 1. The van der Waals surface area contributed by atoms with Crippen molar-refractivity contribution in [2.45, 2.75) is 39.0 Å². The Balaban J connectivity index is 3.79. The molecule has 0 aromatic rings. The van der Waals surface area contributed by atoms with Crippen LogP contribution in [0.2, 0.25) is 0 Å². The van der Waals surface area contributed by atoms with Crippen LogP contribution in [0.25, 0.3) is 0 Å². The molecule has 0 aromatic carbocycles. The summed E-state index contributed by atoms with van der Waals surface area (Å²) in [5, 5.41) is -0.298. The first-order valence-corrected chi connectivity index (χ1v) is 5.91. The summed E-state index contributed by atoms with van der Waals surface area (Å²) in [6.45, 7) is 7.46. The molecule has 0 aromatic heterocycles. The molecule has 0 rings (SSSR count). The highest BCUT2D eigenvalue weighted by atomic mass is 32.2. The van der Waals surface area contributed by atoms with Gasteiger partial charge in [-0.25, -0.2) is 8.42 Å². The lowest BCUT2D eigenvalue weighted by atomic mass is 10.5. The smallest absolute Gasteiger partial charge is 0.154 e. The zero-order chi connectivity index (χ0) is 9.78. The molecule has 0 amide bonds. The van der Waals surface area contributed by atoms with Crippen LogP contribution in [-0.2, 0) is 14.6 Å². The lowest BCUT2D eigenvalue weighted by Crippen LogP contribution is -2.22. The van der Waals surface area contributed by atoms with Crippen molar-refractivity contribution in [3.05, 3.63) is 0 Å². The molecule has 12 heavy (non-hydrogen) atoms. The van der Waals surface area contributed by atoms with Crippen molar-refractivity contribution in [2.75, 3.05) is 12.4 Å². The summed E-state index contributed by atoms with van der Waals surface area (Å²) >= 11 is 0. The van der Waals surface area contributed by atoms with Gasteiger partial charge in [-0.15, -0.1) is 0 Å². The molecule has 0 heterocycles. The van der Waals surface area contributed by atoms with Gasteiger partial charge in [-0.1, -0.05) is 0 Å². The average molecular weight is 194 g/mol. The van der Waals surface area contributed by atoms with E-state index in [1.54, 1.807) is 13.8 Å². The van der Waals surface area contributed by atoms with Crippen LogP contribution in [0.1, 0.15) is 27.7 Å². The van der Waals surface area contributed by atoms with Gasteiger partial charge in [0, 0.05) is 0 Å². The average Bonchev–Trinajstić information content (AvgIpc) is 1.85. The Labute approximate surface area is 75.0 Å². The first-order chi connectivity index (χ1) is 5.36. The second kappa shape index (κ2) is 4.82. The van der Waals surface area contributed by atoms with Crippen LogP contribution in [-0.4, -0.2) is 32.1 Å². The molecule has 0 radical (unpaired) electrons. The van der Waals surface area contributed by atoms with Gasteiger partial charge in [0.2, 0.25) is 0 Å². The van der Waals surface area contributed by atoms with Gasteiger partial charge in [-0.3, -0.25) is 0 Å². The summed E-state index contributed by atoms with van der Waals surface area (Å²) in [6.07, 6.45) is 0.104. The maximum atomic E-state index is 11.2. The second-order valence-corrected chi connectivity index (χ2v) is 6.01. The fraction of sp³-hybridized carbons (Fsp3) is 1.00. The normalized spacial score (nSPS) is 12.8. The molecule has 0 saturated carbocycles. The van der Waals surface area contributed by atoms with Gasteiger partial charge in [0.15, 0.2) is 9.84 Å². The Morgan fingerprint density at radius 1 is 1.17 bits per heavy atom. The van der Waals surface area contributed by atoms with E-state index in [-0.39, 0.29) is 17.1 Å². The molecule has 0 atom stereocenters. The van der Waals surface area contributed by atoms with Crippen LogP contribution in [0.15, 0.2) is 0 Å². The highest BCUT2D eigenvalue weighted by molar-refractivity contribution is 7.91. The van der Waals surface area contributed by atoms with Gasteiger partial charge in [-0.2, -0.15) is 0 Å². The summed E-state index contributed by atoms with van der Waals surface area (Å²) in [4.78, 5) is 0. The van der Waals surface area contributed by atoms with Gasteiger partial charge in [0.1, 0.15) is 0 Å². The Bertz CT molecular complexity index is 204. The van der Waals surface area contributed by atoms with Gasteiger partial charge in [-0.05, 0) is 27.7 Å². The lowest BCUT2D eigenvalue weighted by molar-refractivity contribution is 0.0912. The quantitative estimate of drug-likeness (QED) is 0.661. The molecule has 0 unspecified atom stereocenters. The Morgan fingerprint density at radius 3 is 2.00 bits per heavy atom. The van der Waals surface area contributed by atoms with Crippen LogP contribution in [0.3, 0.4) is 0 Å². The molecule has 0 saturated heterocycles. The van der Waals surface area contributed by atoms with Crippen molar-refractivity contribution in [1.82, 2.24) is 0 Å². The third kappa shape index (κ3) is 4.72. The topological polar surface area (TPSA) is 43.4 Å². The fourth-order valence-corrected chi connectivity index (χ4v) is 1.44. The SMILES string of the molecule is CC(C)OCCS(=O)(=O)C(C)C. The molecule has 3 nitrogen and oxygen atoms in total. The maximum absolute atomic E-state index is 11.2. The van der Waals surface area contributed by atoms with Gasteiger partial charge in [0.05, 0.1) is 23.7 Å². The number of hydrogen-bond acceptors (Lipinski definition) is 3. The van der Waals surface area contributed by atoms with Gasteiger partial charge < -0.3 is 4.74 Å². The minimum absolute atomic E-state index is 0.104. The van der Waals surface area contributed by atoms with Crippen molar-refractivity contribution in [1.29, 1.82) is 0 Å². The molecule has 0 N–H and O–H groups in total. The van der Waals surface area contributed by atoms with Crippen LogP contribution < -0.4 is 0 Å². The van der Waals surface area contributed by atoms with Crippen molar-refractivity contribution in [3.8, 4) is 0 Å². The van der Waals surface area contributed by atoms with Crippen LogP contribution in [0, 0.1) is 0 Å². The van der Waals surface area contributed by atoms with Crippen LogP contribution in [0.5, 0.6) is 0 Å². The standard InChI is InChI=1S/C8H18O3S/c1-7(2)11-5-6-12(9,10)8(3)4/h7-8H,5-6H2,1-4H3. The van der Waals surface area contributed by atoms with E-state index in [4.69, 9.17) is 4.74 Å². The predicted octanol–water partition coefficient (Wildman–Crippen LogP) is 1.23. The van der Waals surface area contributed by atoms with E-state index in [0.29, 0.717) is 6.61 Å². The highest BCUT2D eigenvalue weighted by Gasteiger charge is 2.15. The van der Waals surface area contributed by atoms with Gasteiger partial charge in [0.25, 0.3) is 0 Å². The Kier molecular flexibility index (Phi) is 4.78. The highest BCUT2D eigenvalue weighted by Crippen LogP contribution is 2.01. The van der Waals surface area contributed by atoms with E-state index in [9.17, 15) is 8.42 Å². The van der Waals surface area contributed by atoms with Gasteiger partial charge >= 0.3 is 0 Å².